The molecule has 0 radical (unpaired) electrons. The summed E-state index contributed by atoms with van der Waals surface area (Å²) in [5.41, 5.74) is 0. The molecule has 0 aliphatic carbocycles. The van der Waals surface area contributed by atoms with Gasteiger partial charge in [-0.1, -0.05) is 59.5 Å². The highest BCUT2D eigenvalue weighted by Crippen LogP contribution is 2.24. The van der Waals surface area contributed by atoms with Crippen molar-refractivity contribution < 1.29 is 0 Å². The molecule has 0 heterocycles. The molecule has 0 bridgehead atoms. The Labute approximate surface area is 104 Å². The van der Waals surface area contributed by atoms with Crippen molar-refractivity contribution in [3.63, 3.8) is 0 Å². The predicted molar refractivity (Wildman–Crippen MR) is 75.7 cm³/mol. The molecule has 2 atom stereocenters. The monoisotopic (exact) mass is 224 g/mol. The lowest BCUT2D eigenvalue weighted by Crippen LogP contribution is -2.05. The second kappa shape index (κ2) is 9.93. The van der Waals surface area contributed by atoms with Crippen LogP contribution in [0, 0.1) is 17.8 Å². The predicted octanol–water partition coefficient (Wildman–Crippen LogP) is 5.83. The Hall–Kier alpha value is -0.260. The van der Waals surface area contributed by atoms with Crippen LogP contribution >= 0.6 is 0 Å². The molecule has 0 heteroatoms. The van der Waals surface area contributed by atoms with Crippen molar-refractivity contribution in [1.82, 2.24) is 0 Å². The molecule has 0 aromatic carbocycles. The lowest BCUT2D eigenvalue weighted by atomic mass is 9.88. The Morgan fingerprint density at radius 2 is 1.56 bits per heavy atom. The van der Waals surface area contributed by atoms with Crippen molar-refractivity contribution in [3.8, 4) is 0 Å². The molecule has 0 saturated heterocycles. The van der Waals surface area contributed by atoms with Crippen LogP contribution in [0.1, 0.15) is 72.6 Å². The van der Waals surface area contributed by atoms with Gasteiger partial charge < -0.3 is 0 Å². The molecule has 0 fully saturated rings. The highest BCUT2D eigenvalue weighted by molar-refractivity contribution is 4.74. The van der Waals surface area contributed by atoms with Gasteiger partial charge in [0.15, 0.2) is 0 Å². The Morgan fingerprint density at radius 3 is 2.06 bits per heavy atom. The highest BCUT2D eigenvalue weighted by Gasteiger charge is 2.10. The van der Waals surface area contributed by atoms with Gasteiger partial charge in [-0.05, 0) is 37.0 Å². The summed E-state index contributed by atoms with van der Waals surface area (Å²) in [4.78, 5) is 0. The molecule has 0 spiro atoms. The van der Waals surface area contributed by atoms with Gasteiger partial charge in [-0.2, -0.15) is 0 Å². The SMILES string of the molecule is C=CCC(CCC(C)C)CCC(C)CCC. The summed E-state index contributed by atoms with van der Waals surface area (Å²) in [6.07, 6.45) is 11.6. The van der Waals surface area contributed by atoms with Gasteiger partial charge >= 0.3 is 0 Å². The van der Waals surface area contributed by atoms with E-state index in [4.69, 9.17) is 0 Å². The molecule has 0 N–H and O–H groups in total. The van der Waals surface area contributed by atoms with Crippen LogP contribution < -0.4 is 0 Å². The zero-order chi connectivity index (χ0) is 12.4. The van der Waals surface area contributed by atoms with E-state index in [-0.39, 0.29) is 0 Å². The number of hydrogen-bond donors (Lipinski definition) is 0. The van der Waals surface area contributed by atoms with Gasteiger partial charge in [0.25, 0.3) is 0 Å². The number of rotatable bonds is 10. The van der Waals surface area contributed by atoms with Gasteiger partial charge in [-0.25, -0.2) is 0 Å². The van der Waals surface area contributed by atoms with E-state index in [1.165, 1.54) is 44.9 Å². The standard InChI is InChI=1S/C16H32/c1-6-8-15(5)11-13-16(9-7-2)12-10-14(3)4/h7,14-16H,2,6,8-13H2,1,3-5H3. The summed E-state index contributed by atoms with van der Waals surface area (Å²) in [6, 6.07) is 0. The maximum absolute atomic E-state index is 3.89. The molecular weight excluding hydrogens is 192 g/mol. The minimum atomic E-state index is 0.848. The smallest absolute Gasteiger partial charge is 0.0325 e. The van der Waals surface area contributed by atoms with E-state index >= 15 is 0 Å². The van der Waals surface area contributed by atoms with Crippen LogP contribution in [0.25, 0.3) is 0 Å². The second-order valence-corrected chi connectivity index (χ2v) is 5.83. The largest absolute Gasteiger partial charge is 0.103 e. The lowest BCUT2D eigenvalue weighted by molar-refractivity contribution is 0.355. The third kappa shape index (κ3) is 9.00. The molecule has 2 unspecified atom stereocenters. The maximum Gasteiger partial charge on any atom is -0.0325 e. The van der Waals surface area contributed by atoms with Crippen LogP contribution in [0.3, 0.4) is 0 Å². The molecule has 0 rings (SSSR count). The van der Waals surface area contributed by atoms with E-state index < -0.39 is 0 Å². The number of hydrogen-bond acceptors (Lipinski definition) is 0. The van der Waals surface area contributed by atoms with E-state index in [9.17, 15) is 0 Å². The van der Waals surface area contributed by atoms with Crippen molar-refractivity contribution in [2.75, 3.05) is 0 Å². The molecule has 0 aliphatic rings. The second-order valence-electron chi connectivity index (χ2n) is 5.83. The van der Waals surface area contributed by atoms with Crippen LogP contribution in [-0.2, 0) is 0 Å². The van der Waals surface area contributed by atoms with Crippen LogP contribution in [0.15, 0.2) is 12.7 Å². The van der Waals surface area contributed by atoms with E-state index in [1.54, 1.807) is 0 Å². The molecule has 16 heavy (non-hydrogen) atoms. The summed E-state index contributed by atoms with van der Waals surface area (Å²) >= 11 is 0. The van der Waals surface area contributed by atoms with Crippen molar-refractivity contribution in [2.45, 2.75) is 72.6 Å². The molecule has 0 aromatic rings. The van der Waals surface area contributed by atoms with Crippen molar-refractivity contribution in [1.29, 1.82) is 0 Å². The normalized spacial score (nSPS) is 15.1. The van der Waals surface area contributed by atoms with Crippen molar-refractivity contribution in [3.05, 3.63) is 12.7 Å². The van der Waals surface area contributed by atoms with Gasteiger partial charge in [0.2, 0.25) is 0 Å². The van der Waals surface area contributed by atoms with Crippen molar-refractivity contribution >= 4 is 0 Å². The summed E-state index contributed by atoms with van der Waals surface area (Å²) in [6.45, 7) is 13.2. The third-order valence-electron chi connectivity index (χ3n) is 3.50. The first-order valence-electron chi connectivity index (χ1n) is 7.21. The van der Waals surface area contributed by atoms with E-state index in [0.717, 1.165) is 17.8 Å². The van der Waals surface area contributed by atoms with Crippen LogP contribution in [0.5, 0.6) is 0 Å². The topological polar surface area (TPSA) is 0 Å². The zero-order valence-electron chi connectivity index (χ0n) is 12.0. The van der Waals surface area contributed by atoms with Crippen LogP contribution in [0.4, 0.5) is 0 Å². The molecular formula is C16H32. The first kappa shape index (κ1) is 15.7. The summed E-state index contributed by atoms with van der Waals surface area (Å²) < 4.78 is 0. The minimum absolute atomic E-state index is 0.848. The minimum Gasteiger partial charge on any atom is -0.103 e. The Morgan fingerprint density at radius 1 is 0.938 bits per heavy atom. The fourth-order valence-electron chi connectivity index (χ4n) is 2.34. The summed E-state index contributed by atoms with van der Waals surface area (Å²) in [7, 11) is 0. The Bertz CT molecular complexity index is 157. The summed E-state index contributed by atoms with van der Waals surface area (Å²) in [5.74, 6) is 2.65. The lowest BCUT2D eigenvalue weighted by Gasteiger charge is -2.18. The van der Waals surface area contributed by atoms with E-state index in [1.807, 2.05) is 0 Å². The van der Waals surface area contributed by atoms with Gasteiger partial charge in [-0.15, -0.1) is 6.58 Å². The molecule has 0 amide bonds. The average Bonchev–Trinajstić information content (AvgIpc) is 2.22. The third-order valence-corrected chi connectivity index (χ3v) is 3.50. The van der Waals surface area contributed by atoms with Gasteiger partial charge in [-0.3, -0.25) is 0 Å². The first-order chi connectivity index (χ1) is 7.60. The number of allylic oxidation sites excluding steroid dienone is 1. The molecule has 0 saturated carbocycles. The van der Waals surface area contributed by atoms with Gasteiger partial charge in [0, 0.05) is 0 Å². The van der Waals surface area contributed by atoms with E-state index in [0.29, 0.717) is 0 Å². The van der Waals surface area contributed by atoms with Gasteiger partial charge in [0.1, 0.15) is 0 Å². The first-order valence-corrected chi connectivity index (χ1v) is 7.21. The quantitative estimate of drug-likeness (QED) is 0.409. The molecule has 96 valence electrons. The molecule has 0 aliphatic heterocycles. The Balaban J connectivity index is 3.78. The Kier molecular flexibility index (Phi) is 9.77. The average molecular weight is 224 g/mol. The fraction of sp³-hybridized carbons (Fsp3) is 0.875. The van der Waals surface area contributed by atoms with Crippen LogP contribution in [-0.4, -0.2) is 0 Å². The summed E-state index contributed by atoms with van der Waals surface area (Å²) in [5, 5.41) is 0. The van der Waals surface area contributed by atoms with Crippen molar-refractivity contribution in [2.24, 2.45) is 17.8 Å². The zero-order valence-corrected chi connectivity index (χ0v) is 12.0. The molecule has 0 nitrogen and oxygen atoms in total. The van der Waals surface area contributed by atoms with Gasteiger partial charge in [0.05, 0.1) is 0 Å². The molecule has 0 aromatic heterocycles. The van der Waals surface area contributed by atoms with Crippen LogP contribution in [0.2, 0.25) is 0 Å². The fourth-order valence-corrected chi connectivity index (χ4v) is 2.34. The maximum atomic E-state index is 3.89. The van der Waals surface area contributed by atoms with E-state index in [2.05, 4.69) is 40.3 Å². The highest BCUT2D eigenvalue weighted by atomic mass is 14.2.